The Morgan fingerprint density at radius 1 is 1.15 bits per heavy atom. The zero-order valence-electron chi connectivity index (χ0n) is 17.8. The van der Waals surface area contributed by atoms with Crippen molar-refractivity contribution in [1.82, 2.24) is 9.78 Å². The number of phenols is 1. The predicted molar refractivity (Wildman–Crippen MR) is 126 cm³/mol. The lowest BCUT2D eigenvalue weighted by molar-refractivity contribution is -0.143. The van der Waals surface area contributed by atoms with Gasteiger partial charge in [-0.2, -0.15) is 0 Å². The van der Waals surface area contributed by atoms with Crippen molar-refractivity contribution in [2.24, 2.45) is 16.1 Å². The number of aryl methyl sites for hydroxylation is 1. The van der Waals surface area contributed by atoms with Crippen molar-refractivity contribution in [3.05, 3.63) is 68.1 Å². The summed E-state index contributed by atoms with van der Waals surface area (Å²) in [7, 11) is 0. The largest absolute Gasteiger partial charge is 0.505 e. The average Bonchev–Trinajstić information content (AvgIpc) is 3.08. The molecule has 1 aliphatic carbocycles. The number of nitrogens with one attached hydrogen (secondary N) is 1. The number of aromatic hydroxyl groups is 1. The van der Waals surface area contributed by atoms with Gasteiger partial charge in [-0.3, -0.25) is 14.7 Å². The van der Waals surface area contributed by atoms with Crippen LogP contribution in [0.25, 0.3) is 5.69 Å². The minimum absolute atomic E-state index is 0.0460. The number of H-pyrrole nitrogens is 1. The number of aliphatic carboxylic acids is 1. The molecule has 2 aromatic carbocycles. The van der Waals surface area contributed by atoms with Gasteiger partial charge < -0.3 is 10.2 Å². The number of carboxylic acids is 1. The first-order chi connectivity index (χ1) is 15.8. The Morgan fingerprint density at radius 2 is 1.94 bits per heavy atom. The van der Waals surface area contributed by atoms with Gasteiger partial charge in [0.1, 0.15) is 11.4 Å². The van der Waals surface area contributed by atoms with Crippen LogP contribution < -0.4 is 5.56 Å². The van der Waals surface area contributed by atoms with Crippen LogP contribution in [0.1, 0.15) is 42.9 Å². The second kappa shape index (κ2) is 9.41. The molecule has 8 nitrogen and oxygen atoms in total. The van der Waals surface area contributed by atoms with Gasteiger partial charge in [0.2, 0.25) is 0 Å². The number of phenolic OH excluding ortho intramolecular Hbond substituents is 1. The second-order valence-electron chi connectivity index (χ2n) is 8.14. The number of halogens is 2. The number of hydrogen-bond donors (Lipinski definition) is 3. The number of carboxylic acid groups (broad SMARTS) is 1. The Balaban J connectivity index is 1.63. The zero-order chi connectivity index (χ0) is 23.7. The first kappa shape index (κ1) is 23.1. The summed E-state index contributed by atoms with van der Waals surface area (Å²) >= 11 is 12.0. The molecule has 4 rings (SSSR count). The lowest BCUT2D eigenvalue weighted by atomic mass is 9.77. The maximum Gasteiger partial charge on any atom is 0.306 e. The monoisotopic (exact) mass is 488 g/mol. The standard InChI is InChI=1S/C23H22Cl2N4O4/c1-12-20(22(31)29(28-12)15-8-9-17(24)18(25)11-15)27-26-19-7-3-6-16(21(19)30)13-4-2-5-14(10-13)23(32)33/h3,6-9,11,13-14,28,30H,2,4-5,10H2,1H3,(H,32,33). The second-order valence-corrected chi connectivity index (χ2v) is 8.95. The summed E-state index contributed by atoms with van der Waals surface area (Å²) in [4.78, 5) is 24.3. The number of aromatic nitrogens is 2. The third kappa shape index (κ3) is 4.67. The van der Waals surface area contributed by atoms with Gasteiger partial charge in [-0.05, 0) is 61.9 Å². The van der Waals surface area contributed by atoms with Crippen LogP contribution in [0.4, 0.5) is 11.4 Å². The van der Waals surface area contributed by atoms with E-state index in [1.165, 1.54) is 4.68 Å². The van der Waals surface area contributed by atoms with Gasteiger partial charge in [-0.25, -0.2) is 4.68 Å². The molecule has 0 amide bonds. The number of nitrogens with zero attached hydrogens (tertiary/aromatic N) is 3. The smallest absolute Gasteiger partial charge is 0.306 e. The van der Waals surface area contributed by atoms with Crippen LogP contribution in [0.3, 0.4) is 0 Å². The van der Waals surface area contributed by atoms with Crippen LogP contribution in [0.15, 0.2) is 51.4 Å². The fraction of sp³-hybridized carbons (Fsp3) is 0.304. The molecule has 0 spiro atoms. The van der Waals surface area contributed by atoms with Crippen LogP contribution in [-0.4, -0.2) is 26.0 Å². The Bertz CT molecular complexity index is 1300. The summed E-state index contributed by atoms with van der Waals surface area (Å²) in [6, 6.07) is 9.92. The Hall–Kier alpha value is -3.10. The van der Waals surface area contributed by atoms with Crippen LogP contribution in [-0.2, 0) is 4.79 Å². The van der Waals surface area contributed by atoms with E-state index in [9.17, 15) is 19.8 Å². The molecule has 10 heteroatoms. The molecule has 1 aliphatic rings. The van der Waals surface area contributed by atoms with Crippen LogP contribution in [0.2, 0.25) is 10.0 Å². The van der Waals surface area contributed by atoms with E-state index < -0.39 is 17.4 Å². The lowest BCUT2D eigenvalue weighted by Crippen LogP contribution is -2.21. The summed E-state index contributed by atoms with van der Waals surface area (Å²) in [5.41, 5.74) is 1.51. The minimum atomic E-state index is -0.809. The van der Waals surface area contributed by atoms with Crippen molar-refractivity contribution in [1.29, 1.82) is 0 Å². The molecule has 2 unspecified atom stereocenters. The van der Waals surface area contributed by atoms with Gasteiger partial charge in [0.15, 0.2) is 5.69 Å². The topological polar surface area (TPSA) is 120 Å². The fourth-order valence-electron chi connectivity index (χ4n) is 4.22. The molecule has 1 saturated carbocycles. The molecule has 1 aromatic heterocycles. The molecule has 0 bridgehead atoms. The van der Waals surface area contributed by atoms with E-state index in [4.69, 9.17) is 23.2 Å². The number of benzene rings is 2. The van der Waals surface area contributed by atoms with E-state index in [1.54, 1.807) is 43.3 Å². The summed E-state index contributed by atoms with van der Waals surface area (Å²) in [6.45, 7) is 1.69. The van der Waals surface area contributed by atoms with Gasteiger partial charge in [-0.15, -0.1) is 10.2 Å². The molecular weight excluding hydrogens is 467 g/mol. The number of hydrogen-bond acceptors (Lipinski definition) is 5. The molecule has 172 valence electrons. The Kier molecular flexibility index (Phi) is 6.58. The van der Waals surface area contributed by atoms with Crippen LogP contribution in [0, 0.1) is 12.8 Å². The summed E-state index contributed by atoms with van der Waals surface area (Å²) < 4.78 is 1.29. The van der Waals surface area contributed by atoms with Crippen molar-refractivity contribution in [2.45, 2.75) is 38.5 Å². The quantitative estimate of drug-likeness (QED) is 0.366. The number of carbonyl (C=O) groups is 1. The summed E-state index contributed by atoms with van der Waals surface area (Å²) in [6.07, 6.45) is 2.69. The van der Waals surface area contributed by atoms with Crippen molar-refractivity contribution in [3.8, 4) is 11.4 Å². The van der Waals surface area contributed by atoms with E-state index in [0.717, 1.165) is 12.8 Å². The number of azo groups is 1. The highest BCUT2D eigenvalue weighted by molar-refractivity contribution is 6.42. The molecule has 3 aromatic rings. The normalized spacial score (nSPS) is 18.6. The minimum Gasteiger partial charge on any atom is -0.505 e. The number of para-hydroxylation sites is 1. The van der Waals surface area contributed by atoms with E-state index in [-0.39, 0.29) is 23.0 Å². The van der Waals surface area contributed by atoms with E-state index in [1.807, 2.05) is 0 Å². The maximum atomic E-state index is 12.9. The summed E-state index contributed by atoms with van der Waals surface area (Å²) in [5, 5.41) is 32.0. The highest BCUT2D eigenvalue weighted by Crippen LogP contribution is 2.43. The molecule has 33 heavy (non-hydrogen) atoms. The van der Waals surface area contributed by atoms with Crippen molar-refractivity contribution in [3.63, 3.8) is 0 Å². The molecule has 0 radical (unpaired) electrons. The SMILES string of the molecule is Cc1[nH]n(-c2ccc(Cl)c(Cl)c2)c(=O)c1N=Nc1cccc(C2CCCC(C(=O)O)C2)c1O. The average molecular weight is 489 g/mol. The molecule has 1 heterocycles. The highest BCUT2D eigenvalue weighted by atomic mass is 35.5. The Morgan fingerprint density at radius 3 is 2.67 bits per heavy atom. The molecule has 2 atom stereocenters. The molecule has 0 saturated heterocycles. The lowest BCUT2D eigenvalue weighted by Gasteiger charge is -2.27. The van der Waals surface area contributed by atoms with Gasteiger partial charge in [0.05, 0.1) is 27.3 Å². The van der Waals surface area contributed by atoms with Gasteiger partial charge >= 0.3 is 5.97 Å². The third-order valence-corrected chi connectivity index (χ3v) is 6.71. The van der Waals surface area contributed by atoms with Crippen LogP contribution in [0.5, 0.6) is 5.75 Å². The van der Waals surface area contributed by atoms with Gasteiger partial charge in [0.25, 0.3) is 5.56 Å². The predicted octanol–water partition coefficient (Wildman–Crippen LogP) is 6.26. The molecule has 1 fully saturated rings. The molecule has 0 aliphatic heterocycles. The van der Waals surface area contributed by atoms with Gasteiger partial charge in [0, 0.05) is 0 Å². The number of aromatic amines is 1. The van der Waals surface area contributed by atoms with Crippen molar-refractivity contribution in [2.75, 3.05) is 0 Å². The van der Waals surface area contributed by atoms with Gasteiger partial charge in [-0.1, -0.05) is 41.8 Å². The van der Waals surface area contributed by atoms with E-state index in [0.29, 0.717) is 39.8 Å². The summed E-state index contributed by atoms with van der Waals surface area (Å²) in [5.74, 6) is -1.35. The first-order valence-corrected chi connectivity index (χ1v) is 11.2. The molecular formula is C23H22Cl2N4O4. The fourth-order valence-corrected chi connectivity index (χ4v) is 4.51. The highest BCUT2D eigenvalue weighted by Gasteiger charge is 2.29. The van der Waals surface area contributed by atoms with Crippen molar-refractivity contribution < 1.29 is 15.0 Å². The number of rotatable bonds is 5. The van der Waals surface area contributed by atoms with E-state index in [2.05, 4.69) is 15.3 Å². The van der Waals surface area contributed by atoms with E-state index >= 15 is 0 Å². The third-order valence-electron chi connectivity index (χ3n) is 5.97. The maximum absolute atomic E-state index is 12.9. The Labute approximate surface area is 199 Å². The van der Waals surface area contributed by atoms with Crippen LogP contribution >= 0.6 is 23.2 Å². The first-order valence-electron chi connectivity index (χ1n) is 10.5. The van der Waals surface area contributed by atoms with Crippen molar-refractivity contribution >= 4 is 40.5 Å². The zero-order valence-corrected chi connectivity index (χ0v) is 19.3. The molecule has 3 N–H and O–H groups in total.